The van der Waals surface area contributed by atoms with Crippen molar-refractivity contribution in [1.82, 2.24) is 9.97 Å². The number of fused-ring (bicyclic) bond motifs is 1. The molecule has 6 rings (SSSR count). The quantitative estimate of drug-likeness (QED) is 0.198. The minimum atomic E-state index is -0.919. The van der Waals surface area contributed by atoms with Gasteiger partial charge in [0.2, 0.25) is 0 Å². The van der Waals surface area contributed by atoms with Crippen LogP contribution in [0.15, 0.2) is 91.3 Å². The molecule has 0 aliphatic heterocycles. The van der Waals surface area contributed by atoms with Gasteiger partial charge in [-0.1, -0.05) is 24.3 Å². The summed E-state index contributed by atoms with van der Waals surface area (Å²) in [7, 11) is 1.63. The number of rotatable bonds is 10. The molecule has 0 amide bonds. The molecule has 1 aliphatic carbocycles. The number of H-pyrrole nitrogens is 1. The van der Waals surface area contributed by atoms with Crippen molar-refractivity contribution >= 4 is 22.5 Å². The summed E-state index contributed by atoms with van der Waals surface area (Å²) in [5.41, 5.74) is 3.18. The van der Waals surface area contributed by atoms with Crippen LogP contribution in [0.25, 0.3) is 22.2 Å². The van der Waals surface area contributed by atoms with Crippen LogP contribution in [0.3, 0.4) is 0 Å². The largest absolute Gasteiger partial charge is 0.496 e. The summed E-state index contributed by atoms with van der Waals surface area (Å²) in [4.78, 5) is 33.8. The molecule has 0 radical (unpaired) electrons. The monoisotopic (exact) mass is 534 g/mol. The van der Waals surface area contributed by atoms with Gasteiger partial charge in [0.25, 0.3) is 0 Å². The lowest BCUT2D eigenvalue weighted by Crippen LogP contribution is -2.28. The number of aromatic amines is 1. The van der Waals surface area contributed by atoms with E-state index in [1.165, 1.54) is 12.1 Å². The van der Waals surface area contributed by atoms with Crippen LogP contribution >= 0.6 is 0 Å². The number of aromatic nitrogens is 2. The van der Waals surface area contributed by atoms with Gasteiger partial charge in [-0.25, -0.2) is 4.39 Å². The summed E-state index contributed by atoms with van der Waals surface area (Å²) >= 11 is 0. The molecule has 1 fully saturated rings. The number of ketones is 2. The summed E-state index contributed by atoms with van der Waals surface area (Å²) in [5.74, 6) is 1.46. The molecule has 0 saturated heterocycles. The molecule has 1 aliphatic rings. The molecule has 2 aromatic heterocycles. The molecule has 200 valence electrons. The van der Waals surface area contributed by atoms with E-state index in [9.17, 15) is 14.0 Å². The summed E-state index contributed by atoms with van der Waals surface area (Å²) < 4.78 is 25.0. The van der Waals surface area contributed by atoms with Gasteiger partial charge in [0.05, 0.1) is 18.0 Å². The van der Waals surface area contributed by atoms with E-state index in [0.717, 1.165) is 27.7 Å². The van der Waals surface area contributed by atoms with Gasteiger partial charge in [0, 0.05) is 47.9 Å². The van der Waals surface area contributed by atoms with Crippen LogP contribution in [0.4, 0.5) is 4.39 Å². The van der Waals surface area contributed by atoms with E-state index in [1.54, 1.807) is 25.4 Å². The number of hydrogen-bond donors (Lipinski definition) is 1. The Labute approximate surface area is 230 Å². The first-order valence-corrected chi connectivity index (χ1v) is 13.1. The zero-order valence-corrected chi connectivity index (χ0v) is 21.9. The number of nitrogens with zero attached hydrogens (tertiary/aromatic N) is 1. The fourth-order valence-electron chi connectivity index (χ4n) is 5.07. The molecule has 7 heteroatoms. The third-order valence-corrected chi connectivity index (χ3v) is 7.52. The molecule has 6 nitrogen and oxygen atoms in total. The highest BCUT2D eigenvalue weighted by molar-refractivity contribution is 6.11. The average Bonchev–Trinajstić information content (AvgIpc) is 3.62. The van der Waals surface area contributed by atoms with Crippen molar-refractivity contribution in [2.75, 3.05) is 7.11 Å². The predicted octanol–water partition coefficient (Wildman–Crippen LogP) is 6.87. The minimum Gasteiger partial charge on any atom is -0.496 e. The number of methoxy groups -OCH3 is 1. The van der Waals surface area contributed by atoms with E-state index < -0.39 is 5.41 Å². The van der Waals surface area contributed by atoms with Crippen molar-refractivity contribution in [2.24, 2.45) is 5.41 Å². The van der Waals surface area contributed by atoms with E-state index in [4.69, 9.17) is 9.47 Å². The van der Waals surface area contributed by atoms with Crippen LogP contribution in [0.1, 0.15) is 24.0 Å². The maximum Gasteiger partial charge on any atom is 0.150 e. The summed E-state index contributed by atoms with van der Waals surface area (Å²) in [6.45, 7) is 0. The Balaban J connectivity index is 1.17. The predicted molar refractivity (Wildman–Crippen MR) is 150 cm³/mol. The zero-order chi connectivity index (χ0) is 27.7. The summed E-state index contributed by atoms with van der Waals surface area (Å²) in [6.07, 6.45) is 4.99. The topological polar surface area (TPSA) is 81.3 Å². The molecule has 0 unspecified atom stereocenters. The average molecular weight is 535 g/mol. The fourth-order valence-corrected chi connectivity index (χ4v) is 5.07. The van der Waals surface area contributed by atoms with Gasteiger partial charge in [-0.2, -0.15) is 0 Å². The SMILES string of the molecule is COc1cc2nccc(Oc3ccc(CC(=O)C4(C(=O)Cc5ccc(F)cc5)CC4)cc3)c2cc1-c1ccc[nH]1. The number of hydrogen-bond acceptors (Lipinski definition) is 5. The van der Waals surface area contributed by atoms with Crippen molar-refractivity contribution in [2.45, 2.75) is 25.7 Å². The lowest BCUT2D eigenvalue weighted by atomic mass is 9.88. The highest BCUT2D eigenvalue weighted by atomic mass is 19.1. The smallest absolute Gasteiger partial charge is 0.150 e. The van der Waals surface area contributed by atoms with Gasteiger partial charge in [0.15, 0.2) is 11.6 Å². The molecule has 1 N–H and O–H groups in total. The number of halogens is 1. The second-order valence-electron chi connectivity index (χ2n) is 10.1. The Morgan fingerprint density at radius 1 is 0.900 bits per heavy atom. The number of benzene rings is 3. The highest BCUT2D eigenvalue weighted by Crippen LogP contribution is 2.49. The Morgan fingerprint density at radius 3 is 2.17 bits per heavy atom. The van der Waals surface area contributed by atoms with Crippen molar-refractivity contribution in [3.63, 3.8) is 0 Å². The number of carbonyl (C=O) groups is 2. The molecule has 5 aromatic rings. The maximum atomic E-state index is 13.2. The summed E-state index contributed by atoms with van der Waals surface area (Å²) in [5, 5.41) is 0.836. The first kappa shape index (κ1) is 25.5. The first-order chi connectivity index (χ1) is 19.4. The molecule has 0 bridgehead atoms. The first-order valence-electron chi connectivity index (χ1n) is 13.1. The molecular weight excluding hydrogens is 507 g/mol. The molecule has 40 heavy (non-hydrogen) atoms. The van der Waals surface area contributed by atoms with Crippen LogP contribution in [-0.2, 0) is 22.4 Å². The number of pyridine rings is 1. The van der Waals surface area contributed by atoms with Crippen molar-refractivity contribution in [3.05, 3.63) is 108 Å². The van der Waals surface area contributed by atoms with E-state index in [2.05, 4.69) is 9.97 Å². The van der Waals surface area contributed by atoms with E-state index in [1.807, 2.05) is 60.8 Å². The van der Waals surface area contributed by atoms with Gasteiger partial charge in [-0.15, -0.1) is 0 Å². The molecular formula is C33H27FN2O4. The van der Waals surface area contributed by atoms with Gasteiger partial charge >= 0.3 is 0 Å². The number of nitrogens with one attached hydrogen (secondary N) is 1. The molecule has 0 atom stereocenters. The third kappa shape index (κ3) is 4.98. The molecule has 2 heterocycles. The van der Waals surface area contributed by atoms with Crippen molar-refractivity contribution in [3.8, 4) is 28.5 Å². The number of carbonyl (C=O) groups excluding carboxylic acids is 2. The second kappa shape index (κ2) is 10.4. The number of Topliss-reactive ketones (excluding diaryl/α,β-unsaturated/α-hetero) is 2. The lowest BCUT2D eigenvalue weighted by molar-refractivity contribution is -0.133. The van der Waals surface area contributed by atoms with E-state index in [0.29, 0.717) is 35.7 Å². The van der Waals surface area contributed by atoms with Crippen molar-refractivity contribution < 1.29 is 23.5 Å². The van der Waals surface area contributed by atoms with Crippen LogP contribution in [0.2, 0.25) is 0 Å². The van der Waals surface area contributed by atoms with Gasteiger partial charge < -0.3 is 14.5 Å². The normalized spacial score (nSPS) is 13.7. The standard InChI is InChI=1S/C33H27FN2O4/c1-39-30-20-28-26(19-25(30)27-3-2-15-35-27)29(12-16-36-28)40-24-10-6-22(7-11-24)18-32(38)33(13-14-33)31(37)17-21-4-8-23(34)9-5-21/h2-12,15-16,19-20,35H,13-14,17-18H2,1H3. The Bertz CT molecular complexity index is 1690. The molecule has 1 saturated carbocycles. The van der Waals surface area contributed by atoms with Crippen molar-refractivity contribution in [1.29, 1.82) is 0 Å². The van der Waals surface area contributed by atoms with Crippen LogP contribution in [-0.4, -0.2) is 28.6 Å². The Kier molecular flexibility index (Phi) is 6.64. The van der Waals surface area contributed by atoms with Gasteiger partial charge in [-0.3, -0.25) is 14.6 Å². The highest BCUT2D eigenvalue weighted by Gasteiger charge is 2.54. The Morgan fingerprint density at radius 2 is 1.57 bits per heavy atom. The summed E-state index contributed by atoms with van der Waals surface area (Å²) in [6, 6.07) is 22.8. The van der Waals surface area contributed by atoms with Crippen LogP contribution < -0.4 is 9.47 Å². The maximum absolute atomic E-state index is 13.2. The number of ether oxygens (including phenoxy) is 2. The van der Waals surface area contributed by atoms with Crippen LogP contribution in [0.5, 0.6) is 17.2 Å². The third-order valence-electron chi connectivity index (χ3n) is 7.52. The fraction of sp³-hybridized carbons (Fsp3) is 0.182. The van der Waals surface area contributed by atoms with Crippen LogP contribution in [0, 0.1) is 11.2 Å². The minimum absolute atomic E-state index is 0.0702. The zero-order valence-electron chi connectivity index (χ0n) is 21.9. The van der Waals surface area contributed by atoms with Gasteiger partial charge in [0.1, 0.15) is 23.1 Å². The second-order valence-corrected chi connectivity index (χ2v) is 10.1. The van der Waals surface area contributed by atoms with E-state index >= 15 is 0 Å². The molecule has 0 spiro atoms. The lowest BCUT2D eigenvalue weighted by Gasteiger charge is -2.14. The van der Waals surface area contributed by atoms with E-state index in [-0.39, 0.29) is 30.2 Å². The van der Waals surface area contributed by atoms with Gasteiger partial charge in [-0.05, 0) is 72.5 Å². The molecule has 3 aromatic carbocycles. The Hall–Kier alpha value is -4.78.